The van der Waals surface area contributed by atoms with Crippen LogP contribution in [0, 0.1) is 13.8 Å². The first kappa shape index (κ1) is 16.2. The summed E-state index contributed by atoms with van der Waals surface area (Å²) in [7, 11) is 0. The van der Waals surface area contributed by atoms with Gasteiger partial charge in [0.2, 0.25) is 0 Å². The highest BCUT2D eigenvalue weighted by atomic mass is 32.1. The van der Waals surface area contributed by atoms with Gasteiger partial charge >= 0.3 is 12.0 Å². The molecule has 1 aromatic rings. The quantitative estimate of drug-likeness (QED) is 0.817. The van der Waals surface area contributed by atoms with Gasteiger partial charge in [0.05, 0.1) is 5.56 Å². The van der Waals surface area contributed by atoms with Crippen molar-refractivity contribution in [1.82, 2.24) is 4.90 Å². The number of urea groups is 1. The number of aryl methyl sites for hydroxylation is 1. The summed E-state index contributed by atoms with van der Waals surface area (Å²) >= 11 is 1.28. The van der Waals surface area contributed by atoms with E-state index in [1.54, 1.807) is 17.9 Å². The van der Waals surface area contributed by atoms with E-state index in [2.05, 4.69) is 11.9 Å². The number of carbonyl (C=O) groups is 2. The van der Waals surface area contributed by atoms with Crippen molar-refractivity contribution < 1.29 is 14.7 Å². The van der Waals surface area contributed by atoms with Gasteiger partial charge in [-0.3, -0.25) is 5.32 Å². The van der Waals surface area contributed by atoms with E-state index in [1.807, 2.05) is 20.8 Å². The molecule has 5 nitrogen and oxygen atoms in total. The fourth-order valence-electron chi connectivity index (χ4n) is 1.81. The Kier molecular flexibility index (Phi) is 5.33. The zero-order valence-corrected chi connectivity index (χ0v) is 13.0. The van der Waals surface area contributed by atoms with Crippen LogP contribution in [0.2, 0.25) is 0 Å². The van der Waals surface area contributed by atoms with Gasteiger partial charge in [0.1, 0.15) is 5.00 Å². The van der Waals surface area contributed by atoms with Crippen LogP contribution in [0.25, 0.3) is 0 Å². The first-order valence-electron chi connectivity index (χ1n) is 6.31. The maximum absolute atomic E-state index is 12.2. The highest BCUT2D eigenvalue weighted by molar-refractivity contribution is 7.16. The van der Waals surface area contributed by atoms with Gasteiger partial charge < -0.3 is 10.0 Å². The Morgan fingerprint density at radius 1 is 1.45 bits per heavy atom. The Labute approximate surface area is 122 Å². The summed E-state index contributed by atoms with van der Waals surface area (Å²) in [6.07, 6.45) is 1.64. The Hall–Kier alpha value is -1.82. The van der Waals surface area contributed by atoms with E-state index < -0.39 is 5.97 Å². The van der Waals surface area contributed by atoms with Crippen LogP contribution in [-0.2, 0) is 0 Å². The Balaban J connectivity index is 3.04. The first-order chi connectivity index (χ1) is 9.29. The molecule has 0 atom stereocenters. The molecule has 6 heteroatoms. The van der Waals surface area contributed by atoms with Gasteiger partial charge in [0.25, 0.3) is 0 Å². The maximum atomic E-state index is 12.2. The maximum Gasteiger partial charge on any atom is 0.338 e. The Bertz CT molecular complexity index is 535. The molecular formula is C14H20N2O3S. The third-order valence-electron chi connectivity index (χ3n) is 3.03. The van der Waals surface area contributed by atoms with Crippen molar-refractivity contribution in [2.45, 2.75) is 33.7 Å². The Morgan fingerprint density at radius 3 is 2.50 bits per heavy atom. The predicted molar refractivity (Wildman–Crippen MR) is 81.8 cm³/mol. The number of hydrogen-bond donors (Lipinski definition) is 2. The molecule has 0 fully saturated rings. The van der Waals surface area contributed by atoms with Crippen molar-refractivity contribution in [1.29, 1.82) is 0 Å². The summed E-state index contributed by atoms with van der Waals surface area (Å²) in [5.74, 6) is -1.03. The van der Waals surface area contributed by atoms with Crippen LogP contribution >= 0.6 is 11.3 Å². The van der Waals surface area contributed by atoms with Crippen LogP contribution < -0.4 is 5.32 Å². The van der Waals surface area contributed by atoms with Crippen LogP contribution in [0.4, 0.5) is 9.80 Å². The number of carboxylic acid groups (broad SMARTS) is 1. The average molecular weight is 296 g/mol. The summed E-state index contributed by atoms with van der Waals surface area (Å²) in [5, 5.41) is 12.3. The third-order valence-corrected chi connectivity index (χ3v) is 4.15. The lowest BCUT2D eigenvalue weighted by atomic mass is 10.1. The topological polar surface area (TPSA) is 69.6 Å². The third kappa shape index (κ3) is 3.39. The molecule has 0 spiro atoms. The van der Waals surface area contributed by atoms with E-state index in [1.165, 1.54) is 11.3 Å². The van der Waals surface area contributed by atoms with E-state index in [0.717, 1.165) is 4.88 Å². The summed E-state index contributed by atoms with van der Waals surface area (Å²) in [6, 6.07) is -0.313. The number of nitrogens with one attached hydrogen (secondary N) is 1. The molecule has 0 aliphatic heterocycles. The smallest absolute Gasteiger partial charge is 0.338 e. The number of hydrogen-bond acceptors (Lipinski definition) is 3. The molecule has 0 aliphatic rings. The van der Waals surface area contributed by atoms with E-state index in [-0.39, 0.29) is 17.6 Å². The minimum Gasteiger partial charge on any atom is -0.478 e. The number of amides is 2. The van der Waals surface area contributed by atoms with Crippen molar-refractivity contribution in [3.05, 3.63) is 28.7 Å². The highest BCUT2D eigenvalue weighted by Gasteiger charge is 2.23. The van der Waals surface area contributed by atoms with Gasteiger partial charge in [-0.1, -0.05) is 6.08 Å². The van der Waals surface area contributed by atoms with E-state index in [0.29, 0.717) is 17.1 Å². The minimum absolute atomic E-state index is 0.00318. The fourth-order valence-corrected chi connectivity index (χ4v) is 2.85. The van der Waals surface area contributed by atoms with E-state index in [4.69, 9.17) is 0 Å². The second kappa shape index (κ2) is 6.56. The van der Waals surface area contributed by atoms with Crippen LogP contribution in [0.3, 0.4) is 0 Å². The van der Waals surface area contributed by atoms with Gasteiger partial charge in [-0.05, 0) is 33.3 Å². The summed E-state index contributed by atoms with van der Waals surface area (Å²) in [5.41, 5.74) is 0.862. The Morgan fingerprint density at radius 2 is 2.05 bits per heavy atom. The molecule has 0 aliphatic carbocycles. The summed E-state index contributed by atoms with van der Waals surface area (Å²) in [4.78, 5) is 26.0. The van der Waals surface area contributed by atoms with Crippen LogP contribution in [0.1, 0.15) is 34.6 Å². The first-order valence-corrected chi connectivity index (χ1v) is 7.13. The second-order valence-electron chi connectivity index (χ2n) is 4.76. The van der Waals surface area contributed by atoms with Crippen LogP contribution in [0.15, 0.2) is 12.7 Å². The summed E-state index contributed by atoms with van der Waals surface area (Å²) < 4.78 is 0. The van der Waals surface area contributed by atoms with Crippen LogP contribution in [0.5, 0.6) is 0 Å². The van der Waals surface area contributed by atoms with Gasteiger partial charge in [-0.25, -0.2) is 9.59 Å². The molecule has 1 rings (SSSR count). The molecule has 1 heterocycles. The number of anilines is 1. The van der Waals surface area contributed by atoms with Gasteiger partial charge in [0.15, 0.2) is 0 Å². The fraction of sp³-hybridized carbons (Fsp3) is 0.429. The second-order valence-corrected chi connectivity index (χ2v) is 5.98. The zero-order valence-electron chi connectivity index (χ0n) is 12.2. The molecule has 0 bridgehead atoms. The number of thiophene rings is 1. The lowest BCUT2D eigenvalue weighted by Crippen LogP contribution is -2.40. The van der Waals surface area contributed by atoms with Crippen molar-refractivity contribution in [3.63, 3.8) is 0 Å². The molecule has 0 aromatic carbocycles. The standard InChI is InChI=1S/C14H20N2O3S/c1-6-7-16(8(2)3)14(19)15-12-11(13(17)18)9(4)10(5)20-12/h6,8H,1,7H2,2-5H3,(H,15,19)(H,17,18). The highest BCUT2D eigenvalue weighted by Crippen LogP contribution is 2.32. The molecule has 110 valence electrons. The van der Waals surface area contributed by atoms with Crippen LogP contribution in [-0.4, -0.2) is 34.6 Å². The lowest BCUT2D eigenvalue weighted by molar-refractivity contribution is 0.0697. The minimum atomic E-state index is -1.03. The van der Waals surface area contributed by atoms with Crippen molar-refractivity contribution in [2.75, 3.05) is 11.9 Å². The number of carboxylic acids is 1. The van der Waals surface area contributed by atoms with E-state index in [9.17, 15) is 14.7 Å². The molecule has 2 amide bonds. The molecule has 0 unspecified atom stereocenters. The van der Waals surface area contributed by atoms with E-state index >= 15 is 0 Å². The lowest BCUT2D eigenvalue weighted by Gasteiger charge is -2.25. The van der Waals surface area contributed by atoms with Crippen molar-refractivity contribution in [3.8, 4) is 0 Å². The molecule has 0 saturated carbocycles. The van der Waals surface area contributed by atoms with Crippen molar-refractivity contribution in [2.24, 2.45) is 0 Å². The summed E-state index contributed by atoms with van der Waals surface area (Å²) in [6.45, 7) is 11.4. The number of aromatic carboxylic acids is 1. The molecule has 2 N–H and O–H groups in total. The molecule has 1 aromatic heterocycles. The van der Waals surface area contributed by atoms with Gasteiger partial charge in [-0.2, -0.15) is 0 Å². The molecule has 0 saturated heterocycles. The number of carbonyl (C=O) groups excluding carboxylic acids is 1. The average Bonchev–Trinajstić information content (AvgIpc) is 2.61. The monoisotopic (exact) mass is 296 g/mol. The molecular weight excluding hydrogens is 276 g/mol. The van der Waals surface area contributed by atoms with Crippen molar-refractivity contribution >= 4 is 28.3 Å². The zero-order chi connectivity index (χ0) is 15.4. The SMILES string of the molecule is C=CCN(C(=O)Nc1sc(C)c(C)c1C(=O)O)C(C)C. The van der Waals surface area contributed by atoms with Gasteiger partial charge in [-0.15, -0.1) is 17.9 Å². The molecule has 20 heavy (non-hydrogen) atoms. The largest absolute Gasteiger partial charge is 0.478 e. The van der Waals surface area contributed by atoms with Gasteiger partial charge in [0, 0.05) is 17.5 Å². The molecule has 0 radical (unpaired) electrons. The number of nitrogens with zero attached hydrogens (tertiary/aromatic N) is 1. The number of rotatable bonds is 5. The predicted octanol–water partition coefficient (Wildman–Crippen LogP) is 3.49. The normalized spacial score (nSPS) is 10.4.